The first-order valence-corrected chi connectivity index (χ1v) is 13.7. The zero-order valence-electron chi connectivity index (χ0n) is 22.9. The highest BCUT2D eigenvalue weighted by Gasteiger charge is 2.35. The Kier molecular flexibility index (Phi) is 7.69. The second kappa shape index (κ2) is 11.1. The Hall–Kier alpha value is -3.40. The van der Waals surface area contributed by atoms with Crippen molar-refractivity contribution >= 4 is 35.0 Å². The molecule has 3 heterocycles. The fourth-order valence-electron chi connectivity index (χ4n) is 5.88. The molecule has 1 unspecified atom stereocenters. The quantitative estimate of drug-likeness (QED) is 0.595. The summed E-state index contributed by atoms with van der Waals surface area (Å²) in [5, 5.41) is 6.44. The maximum absolute atomic E-state index is 12.9. The number of nitrogens with zero attached hydrogens (tertiary/aromatic N) is 5. The summed E-state index contributed by atoms with van der Waals surface area (Å²) in [7, 11) is 5.48. The van der Waals surface area contributed by atoms with Gasteiger partial charge in [-0.05, 0) is 70.9 Å². The molecule has 2 N–H and O–H groups in total. The number of rotatable bonds is 6. The molecule has 0 radical (unpaired) electrons. The van der Waals surface area contributed by atoms with Crippen LogP contribution in [0.25, 0.3) is 0 Å². The van der Waals surface area contributed by atoms with E-state index in [9.17, 15) is 9.59 Å². The van der Waals surface area contributed by atoms with E-state index in [4.69, 9.17) is 9.72 Å². The lowest BCUT2D eigenvalue weighted by atomic mass is 10.0. The number of anilines is 4. The number of carbonyl (C=O) groups excluding carboxylic acids is 2. The molecular weight excluding hydrogens is 482 g/mol. The summed E-state index contributed by atoms with van der Waals surface area (Å²) in [6, 6.07) is 5.96. The Bertz CT molecular complexity index is 1180. The van der Waals surface area contributed by atoms with E-state index in [2.05, 4.69) is 39.4 Å². The second-order valence-corrected chi connectivity index (χ2v) is 10.8. The highest BCUT2D eigenvalue weighted by molar-refractivity contribution is 5.98. The largest absolute Gasteiger partial charge is 0.495 e. The summed E-state index contributed by atoms with van der Waals surface area (Å²) in [6.07, 6.45) is 8.65. The normalized spacial score (nSPS) is 21.3. The van der Waals surface area contributed by atoms with Crippen molar-refractivity contribution in [1.29, 1.82) is 0 Å². The number of aromatic nitrogens is 2. The van der Waals surface area contributed by atoms with Gasteiger partial charge in [0.25, 0.3) is 5.91 Å². The molecule has 2 amide bonds. The Morgan fingerprint density at radius 1 is 1.11 bits per heavy atom. The predicted octanol–water partition coefficient (Wildman–Crippen LogP) is 3.56. The first-order valence-electron chi connectivity index (χ1n) is 13.7. The van der Waals surface area contributed by atoms with Gasteiger partial charge in [-0.1, -0.05) is 12.8 Å². The highest BCUT2D eigenvalue weighted by Crippen LogP contribution is 2.39. The summed E-state index contributed by atoms with van der Waals surface area (Å²) >= 11 is 0. The van der Waals surface area contributed by atoms with Gasteiger partial charge in [0.2, 0.25) is 11.9 Å². The third-order valence-corrected chi connectivity index (χ3v) is 8.16. The van der Waals surface area contributed by atoms with E-state index >= 15 is 0 Å². The predicted molar refractivity (Wildman–Crippen MR) is 149 cm³/mol. The lowest BCUT2D eigenvalue weighted by Crippen LogP contribution is -2.43. The molecular formula is C28H39N7O3. The van der Waals surface area contributed by atoms with Crippen LogP contribution in [0.2, 0.25) is 0 Å². The number of nitrogens with one attached hydrogen (secondary N) is 2. The second-order valence-electron chi connectivity index (χ2n) is 10.8. The fourth-order valence-corrected chi connectivity index (χ4v) is 5.88. The van der Waals surface area contributed by atoms with Crippen LogP contribution in [0, 0.1) is 0 Å². The molecule has 10 heteroatoms. The van der Waals surface area contributed by atoms with Crippen LogP contribution >= 0.6 is 0 Å². The van der Waals surface area contributed by atoms with Crippen molar-refractivity contribution in [2.45, 2.75) is 70.0 Å². The van der Waals surface area contributed by atoms with E-state index in [0.29, 0.717) is 35.4 Å². The molecule has 2 fully saturated rings. The third-order valence-electron chi connectivity index (χ3n) is 8.16. The van der Waals surface area contributed by atoms with Crippen molar-refractivity contribution in [3.05, 3.63) is 30.0 Å². The molecule has 1 aliphatic carbocycles. The minimum atomic E-state index is -0.0976. The van der Waals surface area contributed by atoms with E-state index in [0.717, 1.165) is 50.3 Å². The molecule has 5 rings (SSSR count). The number of carbonyl (C=O) groups is 2. The minimum Gasteiger partial charge on any atom is -0.495 e. The maximum atomic E-state index is 12.9. The smallest absolute Gasteiger partial charge is 0.251 e. The van der Waals surface area contributed by atoms with Gasteiger partial charge in [-0.15, -0.1) is 0 Å². The number of benzene rings is 1. The first kappa shape index (κ1) is 26.2. The van der Waals surface area contributed by atoms with Crippen molar-refractivity contribution < 1.29 is 14.3 Å². The van der Waals surface area contributed by atoms with Gasteiger partial charge in [-0.3, -0.25) is 9.59 Å². The maximum Gasteiger partial charge on any atom is 0.251 e. The lowest BCUT2D eigenvalue weighted by Gasteiger charge is -2.34. The van der Waals surface area contributed by atoms with Crippen LogP contribution in [0.15, 0.2) is 24.4 Å². The highest BCUT2D eigenvalue weighted by atomic mass is 16.5. The number of amides is 2. The Morgan fingerprint density at radius 2 is 1.84 bits per heavy atom. The Balaban J connectivity index is 1.38. The van der Waals surface area contributed by atoms with Crippen LogP contribution in [0.1, 0.15) is 62.2 Å². The number of ether oxygens (including phenoxy) is 1. The molecule has 0 spiro atoms. The van der Waals surface area contributed by atoms with Crippen LogP contribution < -0.4 is 25.2 Å². The number of methoxy groups -OCH3 is 1. The van der Waals surface area contributed by atoms with Gasteiger partial charge in [0, 0.05) is 37.2 Å². The average molecular weight is 522 g/mol. The van der Waals surface area contributed by atoms with E-state index in [1.807, 2.05) is 6.07 Å². The van der Waals surface area contributed by atoms with Crippen LogP contribution in [-0.2, 0) is 4.79 Å². The molecule has 1 saturated heterocycles. The third kappa shape index (κ3) is 5.41. The fraction of sp³-hybridized carbons (Fsp3) is 0.571. The molecule has 1 atom stereocenters. The molecule has 0 bridgehead atoms. The molecule has 1 saturated carbocycles. The van der Waals surface area contributed by atoms with Crippen LogP contribution in [-0.4, -0.2) is 79.1 Å². The molecule has 38 heavy (non-hydrogen) atoms. The summed E-state index contributed by atoms with van der Waals surface area (Å²) < 4.78 is 5.63. The van der Waals surface area contributed by atoms with E-state index in [1.54, 1.807) is 37.4 Å². The van der Waals surface area contributed by atoms with Gasteiger partial charge in [-0.2, -0.15) is 4.98 Å². The van der Waals surface area contributed by atoms with E-state index < -0.39 is 0 Å². The zero-order chi connectivity index (χ0) is 26.8. The molecule has 1 aromatic heterocycles. The van der Waals surface area contributed by atoms with E-state index in [1.165, 1.54) is 12.8 Å². The zero-order valence-corrected chi connectivity index (χ0v) is 22.9. The van der Waals surface area contributed by atoms with Crippen molar-refractivity contribution in [2.75, 3.05) is 49.4 Å². The summed E-state index contributed by atoms with van der Waals surface area (Å²) in [5.74, 6) is 1.71. The van der Waals surface area contributed by atoms with Crippen molar-refractivity contribution in [1.82, 2.24) is 20.2 Å². The standard InChI is InChI=1S/C28H39N7O3/c1-18-15-25(36)34(3)23-17-29-28(32-26(23)35(18)21-7-5-6-8-21)31-22-10-9-19(16-24(22)38-4)27(37)30-20-11-13-33(2)14-12-20/h9-10,16-18,20-21H,5-8,11-15H2,1-4H3,(H,30,37)(H,29,31,32). The van der Waals surface area contributed by atoms with Gasteiger partial charge >= 0.3 is 0 Å². The minimum absolute atomic E-state index is 0.0499. The lowest BCUT2D eigenvalue weighted by molar-refractivity contribution is -0.118. The van der Waals surface area contributed by atoms with Crippen LogP contribution in [0.5, 0.6) is 5.75 Å². The van der Waals surface area contributed by atoms with Crippen LogP contribution in [0.4, 0.5) is 23.1 Å². The Labute approximate surface area is 224 Å². The average Bonchev–Trinajstić information content (AvgIpc) is 3.41. The molecule has 3 aliphatic rings. The van der Waals surface area contributed by atoms with Crippen molar-refractivity contribution in [2.24, 2.45) is 0 Å². The Morgan fingerprint density at radius 3 is 2.55 bits per heavy atom. The SMILES string of the molecule is COc1cc(C(=O)NC2CCN(C)CC2)ccc1Nc1ncc2c(n1)N(C1CCCC1)C(C)CC(=O)N2C. The van der Waals surface area contributed by atoms with Crippen molar-refractivity contribution in [3.63, 3.8) is 0 Å². The number of likely N-dealkylation sites (tertiary alicyclic amines) is 1. The van der Waals surface area contributed by atoms with Crippen LogP contribution in [0.3, 0.4) is 0 Å². The van der Waals surface area contributed by atoms with Crippen molar-refractivity contribution in [3.8, 4) is 5.75 Å². The van der Waals surface area contributed by atoms with Gasteiger partial charge < -0.3 is 30.1 Å². The first-order chi connectivity index (χ1) is 18.3. The van der Waals surface area contributed by atoms with Gasteiger partial charge in [0.15, 0.2) is 5.82 Å². The molecule has 2 aliphatic heterocycles. The number of hydrogen-bond acceptors (Lipinski definition) is 8. The molecule has 204 valence electrons. The molecule has 2 aromatic rings. The van der Waals surface area contributed by atoms with E-state index in [-0.39, 0.29) is 23.9 Å². The number of hydrogen-bond donors (Lipinski definition) is 2. The van der Waals surface area contributed by atoms with Gasteiger partial charge in [-0.25, -0.2) is 4.98 Å². The molecule has 10 nitrogen and oxygen atoms in total. The summed E-state index contributed by atoms with van der Waals surface area (Å²) in [6.45, 7) is 4.07. The summed E-state index contributed by atoms with van der Waals surface area (Å²) in [5.41, 5.74) is 1.95. The molecule has 1 aromatic carbocycles. The van der Waals surface area contributed by atoms with Gasteiger partial charge in [0.1, 0.15) is 11.4 Å². The monoisotopic (exact) mass is 521 g/mol. The summed E-state index contributed by atoms with van der Waals surface area (Å²) in [4.78, 5) is 41.4. The number of piperidine rings is 1. The van der Waals surface area contributed by atoms with Gasteiger partial charge in [0.05, 0.1) is 19.0 Å². The number of fused-ring (bicyclic) bond motifs is 1. The topological polar surface area (TPSA) is 103 Å².